The number of ether oxygens (including phenoxy) is 2. The number of aromatic nitrogens is 1. The minimum atomic E-state index is -0.584. The first-order valence-corrected chi connectivity index (χ1v) is 10.8. The van der Waals surface area contributed by atoms with Gasteiger partial charge in [-0.25, -0.2) is 13.8 Å². The van der Waals surface area contributed by atoms with Gasteiger partial charge in [-0.1, -0.05) is 0 Å². The summed E-state index contributed by atoms with van der Waals surface area (Å²) in [7, 11) is 1.56. The maximum Gasteiger partial charge on any atom is 0.251 e. The lowest BCUT2D eigenvalue weighted by molar-refractivity contribution is -0.116. The molecule has 1 aliphatic carbocycles. The first-order valence-electron chi connectivity index (χ1n) is 10.8. The van der Waals surface area contributed by atoms with Crippen LogP contribution in [-0.4, -0.2) is 30.5 Å². The van der Waals surface area contributed by atoms with Gasteiger partial charge < -0.3 is 20.1 Å². The fourth-order valence-electron chi connectivity index (χ4n) is 4.44. The highest BCUT2D eigenvalue weighted by Gasteiger charge is 2.56. The van der Waals surface area contributed by atoms with E-state index in [1.54, 1.807) is 43.4 Å². The number of halogens is 2. The van der Waals surface area contributed by atoms with Crippen LogP contribution in [0.5, 0.6) is 17.2 Å². The molecule has 174 valence electrons. The number of benzene rings is 2. The number of amides is 2. The summed E-state index contributed by atoms with van der Waals surface area (Å²) < 4.78 is 39.3. The molecule has 2 aliphatic rings. The van der Waals surface area contributed by atoms with Crippen molar-refractivity contribution >= 4 is 17.6 Å². The number of carbonyl (C=O) groups excluding carboxylic acids is 2. The zero-order valence-electron chi connectivity index (χ0n) is 18.2. The smallest absolute Gasteiger partial charge is 0.251 e. The number of nitrogens with one attached hydrogen (secondary N) is 2. The molecular weight excluding hydrogens is 444 g/mol. The summed E-state index contributed by atoms with van der Waals surface area (Å²) in [6.07, 6.45) is 1.63. The van der Waals surface area contributed by atoms with Crippen LogP contribution in [-0.2, 0) is 4.79 Å². The highest BCUT2D eigenvalue weighted by molar-refractivity contribution is 5.94. The molecule has 0 radical (unpaired) electrons. The predicted octanol–water partition coefficient (Wildman–Crippen LogP) is 4.26. The minimum Gasteiger partial charge on any atom is -0.490 e. The number of carbonyl (C=O) groups is 2. The van der Waals surface area contributed by atoms with Crippen LogP contribution in [0.25, 0.3) is 0 Å². The Morgan fingerprint density at radius 2 is 1.79 bits per heavy atom. The van der Waals surface area contributed by atoms with E-state index >= 15 is 0 Å². The van der Waals surface area contributed by atoms with E-state index in [1.165, 1.54) is 6.20 Å². The van der Waals surface area contributed by atoms with E-state index in [2.05, 4.69) is 15.6 Å². The molecule has 0 bridgehead atoms. The van der Waals surface area contributed by atoms with Crippen LogP contribution in [0.3, 0.4) is 0 Å². The van der Waals surface area contributed by atoms with Gasteiger partial charge in [0, 0.05) is 36.4 Å². The molecule has 2 amide bonds. The Morgan fingerprint density at radius 1 is 1.06 bits per heavy atom. The average Bonchev–Trinajstić information content (AvgIpc) is 3.54. The van der Waals surface area contributed by atoms with Crippen molar-refractivity contribution in [2.24, 2.45) is 11.8 Å². The maximum absolute atomic E-state index is 14.3. The van der Waals surface area contributed by atoms with Crippen molar-refractivity contribution in [3.63, 3.8) is 0 Å². The SMILES string of the molecule is CNC(=O)c1ccc(Oc2ccc(NC(=O)C[C@@H]3[C@@H]4COc5c(F)ccc(F)c5[C@H]34)nc2)cc1. The third-order valence-electron chi connectivity index (χ3n) is 6.18. The maximum atomic E-state index is 14.3. The summed E-state index contributed by atoms with van der Waals surface area (Å²) in [6, 6.07) is 12.1. The first-order chi connectivity index (χ1) is 16.4. The lowest BCUT2D eigenvalue weighted by Gasteiger charge is -2.17. The van der Waals surface area contributed by atoms with Gasteiger partial charge in [0.15, 0.2) is 11.6 Å². The van der Waals surface area contributed by atoms with E-state index in [9.17, 15) is 18.4 Å². The number of anilines is 1. The summed E-state index contributed by atoms with van der Waals surface area (Å²) in [6.45, 7) is 0.268. The molecule has 2 heterocycles. The number of fused-ring (bicyclic) bond motifs is 3. The van der Waals surface area contributed by atoms with E-state index in [-0.39, 0.29) is 53.9 Å². The van der Waals surface area contributed by atoms with Crippen molar-refractivity contribution in [1.29, 1.82) is 0 Å². The first kappa shape index (κ1) is 21.8. The Hall–Kier alpha value is -4.01. The molecule has 3 atom stereocenters. The van der Waals surface area contributed by atoms with Crippen molar-refractivity contribution in [2.45, 2.75) is 12.3 Å². The molecule has 1 fully saturated rings. The van der Waals surface area contributed by atoms with Gasteiger partial charge in [0.05, 0.1) is 12.8 Å². The quantitative estimate of drug-likeness (QED) is 0.568. The zero-order valence-corrected chi connectivity index (χ0v) is 18.2. The van der Waals surface area contributed by atoms with Crippen LogP contribution in [0.15, 0.2) is 54.7 Å². The Balaban J connectivity index is 1.17. The lowest BCUT2D eigenvalue weighted by atomic mass is 10.0. The van der Waals surface area contributed by atoms with Gasteiger partial charge in [-0.3, -0.25) is 9.59 Å². The number of rotatable bonds is 6. The van der Waals surface area contributed by atoms with Crippen LogP contribution in [0.1, 0.15) is 28.3 Å². The second kappa shape index (κ2) is 8.74. The lowest BCUT2D eigenvalue weighted by Crippen LogP contribution is -2.17. The number of hydrogen-bond donors (Lipinski definition) is 2. The molecule has 2 aromatic carbocycles. The third-order valence-corrected chi connectivity index (χ3v) is 6.18. The average molecular weight is 465 g/mol. The molecular formula is C25H21F2N3O4. The van der Waals surface area contributed by atoms with Gasteiger partial charge in [0.2, 0.25) is 5.91 Å². The van der Waals surface area contributed by atoms with Crippen molar-refractivity contribution in [3.8, 4) is 17.2 Å². The summed E-state index contributed by atoms with van der Waals surface area (Å²) in [5, 5.41) is 5.28. The Bertz CT molecular complexity index is 1250. The summed E-state index contributed by atoms with van der Waals surface area (Å²) in [5.74, 6) is -0.562. The van der Waals surface area contributed by atoms with Gasteiger partial charge in [-0.2, -0.15) is 0 Å². The molecule has 1 aliphatic heterocycles. The Morgan fingerprint density at radius 3 is 2.50 bits per heavy atom. The molecule has 3 aromatic rings. The van der Waals surface area contributed by atoms with Gasteiger partial charge in [-0.05, 0) is 54.4 Å². The van der Waals surface area contributed by atoms with Gasteiger partial charge in [0.1, 0.15) is 23.1 Å². The second-order valence-electron chi connectivity index (χ2n) is 8.27. The fraction of sp³-hybridized carbons (Fsp3) is 0.240. The van der Waals surface area contributed by atoms with E-state index in [0.29, 0.717) is 22.9 Å². The van der Waals surface area contributed by atoms with Crippen LogP contribution < -0.4 is 20.1 Å². The third kappa shape index (κ3) is 4.16. The molecule has 1 saturated carbocycles. The molecule has 0 saturated heterocycles. The van der Waals surface area contributed by atoms with Gasteiger partial charge >= 0.3 is 0 Å². The number of nitrogens with zero attached hydrogens (tertiary/aromatic N) is 1. The monoisotopic (exact) mass is 465 g/mol. The van der Waals surface area contributed by atoms with Crippen LogP contribution in [0.2, 0.25) is 0 Å². The van der Waals surface area contributed by atoms with E-state index in [1.807, 2.05) is 0 Å². The summed E-state index contributed by atoms with van der Waals surface area (Å²) in [5.41, 5.74) is 0.751. The summed E-state index contributed by atoms with van der Waals surface area (Å²) in [4.78, 5) is 28.3. The normalized spacial score (nSPS) is 19.8. The number of pyridine rings is 1. The molecule has 0 unspecified atom stereocenters. The largest absolute Gasteiger partial charge is 0.490 e. The Kier molecular flexibility index (Phi) is 5.61. The van der Waals surface area contributed by atoms with Gasteiger partial charge in [-0.15, -0.1) is 0 Å². The Labute approximate surface area is 194 Å². The second-order valence-corrected chi connectivity index (χ2v) is 8.27. The molecule has 7 nitrogen and oxygen atoms in total. The van der Waals surface area contributed by atoms with Crippen molar-refractivity contribution < 1.29 is 27.8 Å². The highest BCUT2D eigenvalue weighted by Crippen LogP contribution is 2.61. The molecule has 2 N–H and O–H groups in total. The van der Waals surface area contributed by atoms with Gasteiger partial charge in [0.25, 0.3) is 5.91 Å². The predicted molar refractivity (Wildman–Crippen MR) is 119 cm³/mol. The molecule has 0 spiro atoms. The molecule has 34 heavy (non-hydrogen) atoms. The molecule has 5 rings (SSSR count). The molecule has 1 aromatic heterocycles. The fourth-order valence-corrected chi connectivity index (χ4v) is 4.44. The standard InChI is InChI=1S/C25H21F2N3O4/c1-28-25(32)13-2-4-14(5-3-13)34-15-6-9-20(29-11-15)30-21(31)10-16-17-12-33-24-19(27)8-7-18(26)23(24)22(16)17/h2-9,11,16-17,22H,10,12H2,1H3,(H,28,32)(H,29,30,31)/t16-,17+,22-/m1/s1. The van der Waals surface area contributed by atoms with Crippen LogP contribution in [0.4, 0.5) is 14.6 Å². The van der Waals surface area contributed by atoms with E-state index in [4.69, 9.17) is 9.47 Å². The minimum absolute atomic E-state index is 0.00641. The van der Waals surface area contributed by atoms with Crippen LogP contribution in [0, 0.1) is 23.5 Å². The van der Waals surface area contributed by atoms with E-state index in [0.717, 1.165) is 12.1 Å². The van der Waals surface area contributed by atoms with Crippen molar-refractivity contribution in [2.75, 3.05) is 19.0 Å². The molecule has 9 heteroatoms. The zero-order chi connectivity index (χ0) is 23.8. The highest BCUT2D eigenvalue weighted by atomic mass is 19.1. The van der Waals surface area contributed by atoms with Crippen LogP contribution >= 0.6 is 0 Å². The van der Waals surface area contributed by atoms with Crippen molar-refractivity contribution in [3.05, 3.63) is 77.5 Å². The summed E-state index contributed by atoms with van der Waals surface area (Å²) >= 11 is 0. The van der Waals surface area contributed by atoms with Crippen molar-refractivity contribution in [1.82, 2.24) is 10.3 Å². The topological polar surface area (TPSA) is 89.6 Å². The van der Waals surface area contributed by atoms with E-state index < -0.39 is 11.6 Å². The number of hydrogen-bond acceptors (Lipinski definition) is 5.